The standard InChI is InChI=1S/C24H22N2O4S/c1-14(2)30-23(29)20-15(3)25-24-26(21(20)16-9-5-4-6-10-16)22(28)19(31-24)13-17-11-7-8-12-18(17)27/h4-14,21,27H,1-3H3. The lowest BCUT2D eigenvalue weighted by atomic mass is 9.96. The zero-order valence-electron chi connectivity index (χ0n) is 17.4. The van der Waals surface area contributed by atoms with Gasteiger partial charge in [-0.1, -0.05) is 59.9 Å². The Morgan fingerprint density at radius 1 is 1.16 bits per heavy atom. The van der Waals surface area contributed by atoms with Crippen molar-refractivity contribution in [1.29, 1.82) is 0 Å². The van der Waals surface area contributed by atoms with Gasteiger partial charge in [0.1, 0.15) is 5.75 Å². The van der Waals surface area contributed by atoms with E-state index in [1.807, 2.05) is 30.3 Å². The molecule has 1 N–H and O–H groups in total. The largest absolute Gasteiger partial charge is 0.507 e. The molecule has 158 valence electrons. The monoisotopic (exact) mass is 434 g/mol. The number of aromatic nitrogens is 1. The van der Waals surface area contributed by atoms with Crippen LogP contribution >= 0.6 is 11.3 Å². The molecular formula is C24H22N2O4S. The molecular weight excluding hydrogens is 412 g/mol. The highest BCUT2D eigenvalue weighted by Crippen LogP contribution is 2.30. The highest BCUT2D eigenvalue weighted by molar-refractivity contribution is 7.07. The second-order valence-electron chi connectivity index (χ2n) is 7.51. The fourth-order valence-electron chi connectivity index (χ4n) is 3.56. The Labute approximate surface area is 183 Å². The zero-order chi connectivity index (χ0) is 22.1. The number of phenolic OH excluding ortho intramolecular Hbond substituents is 1. The quantitative estimate of drug-likeness (QED) is 0.641. The summed E-state index contributed by atoms with van der Waals surface area (Å²) in [6.07, 6.45) is 1.35. The third kappa shape index (κ3) is 3.96. The van der Waals surface area contributed by atoms with Crippen LogP contribution in [0.2, 0.25) is 0 Å². The van der Waals surface area contributed by atoms with E-state index < -0.39 is 12.0 Å². The van der Waals surface area contributed by atoms with Gasteiger partial charge in [-0.25, -0.2) is 9.79 Å². The van der Waals surface area contributed by atoms with Crippen LogP contribution in [0.4, 0.5) is 0 Å². The lowest BCUT2D eigenvalue weighted by Gasteiger charge is -2.25. The number of thiazole rings is 1. The van der Waals surface area contributed by atoms with E-state index in [-0.39, 0.29) is 17.4 Å². The number of aromatic hydroxyl groups is 1. The fraction of sp³-hybridized carbons (Fsp3) is 0.208. The van der Waals surface area contributed by atoms with Crippen LogP contribution in [0.5, 0.6) is 5.75 Å². The minimum absolute atomic E-state index is 0.0883. The first kappa shape index (κ1) is 20.8. The van der Waals surface area contributed by atoms with E-state index in [9.17, 15) is 14.7 Å². The number of rotatable bonds is 4. The van der Waals surface area contributed by atoms with Crippen molar-refractivity contribution in [3.63, 3.8) is 0 Å². The normalized spacial score (nSPS) is 16.3. The van der Waals surface area contributed by atoms with Crippen molar-refractivity contribution >= 4 is 23.4 Å². The molecule has 0 aliphatic carbocycles. The summed E-state index contributed by atoms with van der Waals surface area (Å²) in [6.45, 7) is 5.33. The number of para-hydroxylation sites is 1. The highest BCUT2D eigenvalue weighted by Gasteiger charge is 2.33. The van der Waals surface area contributed by atoms with Crippen LogP contribution in [0.25, 0.3) is 6.08 Å². The number of hydrogen-bond acceptors (Lipinski definition) is 6. The minimum Gasteiger partial charge on any atom is -0.507 e. The summed E-state index contributed by atoms with van der Waals surface area (Å²) < 4.78 is 7.44. The van der Waals surface area contributed by atoms with Crippen LogP contribution in [-0.4, -0.2) is 21.7 Å². The summed E-state index contributed by atoms with van der Waals surface area (Å²) in [4.78, 5) is 31.5. The molecule has 0 fully saturated rings. The molecule has 0 amide bonds. The Balaban J connectivity index is 1.96. The average Bonchev–Trinajstić information content (AvgIpc) is 3.03. The van der Waals surface area contributed by atoms with Gasteiger partial charge in [0.25, 0.3) is 5.56 Å². The third-order valence-electron chi connectivity index (χ3n) is 4.92. The van der Waals surface area contributed by atoms with Crippen LogP contribution in [0.1, 0.15) is 37.9 Å². The molecule has 4 rings (SSSR count). The van der Waals surface area contributed by atoms with E-state index in [0.717, 1.165) is 5.56 Å². The van der Waals surface area contributed by atoms with Crippen molar-refractivity contribution < 1.29 is 14.6 Å². The number of fused-ring (bicyclic) bond motifs is 1. The van der Waals surface area contributed by atoms with Crippen LogP contribution in [0, 0.1) is 0 Å². The number of ether oxygens (including phenoxy) is 1. The van der Waals surface area contributed by atoms with Crippen LogP contribution in [0.3, 0.4) is 0 Å². The van der Waals surface area contributed by atoms with Gasteiger partial charge in [0.05, 0.1) is 27.9 Å². The smallest absolute Gasteiger partial charge is 0.338 e. The van der Waals surface area contributed by atoms with Gasteiger partial charge in [0, 0.05) is 5.56 Å². The molecule has 31 heavy (non-hydrogen) atoms. The van der Waals surface area contributed by atoms with Gasteiger partial charge in [-0.05, 0) is 38.5 Å². The molecule has 1 atom stereocenters. The molecule has 2 heterocycles. The van der Waals surface area contributed by atoms with E-state index in [1.165, 1.54) is 15.9 Å². The van der Waals surface area contributed by atoms with Gasteiger partial charge >= 0.3 is 5.97 Å². The topological polar surface area (TPSA) is 80.9 Å². The van der Waals surface area contributed by atoms with E-state index in [0.29, 0.717) is 26.2 Å². The second-order valence-corrected chi connectivity index (χ2v) is 8.51. The van der Waals surface area contributed by atoms with Gasteiger partial charge in [-0.15, -0.1) is 0 Å². The van der Waals surface area contributed by atoms with Crippen molar-refractivity contribution in [1.82, 2.24) is 4.57 Å². The van der Waals surface area contributed by atoms with Gasteiger partial charge in [-0.3, -0.25) is 9.36 Å². The van der Waals surface area contributed by atoms with Crippen molar-refractivity contribution in [2.24, 2.45) is 4.99 Å². The Morgan fingerprint density at radius 2 is 1.84 bits per heavy atom. The number of hydrogen-bond donors (Lipinski definition) is 1. The summed E-state index contributed by atoms with van der Waals surface area (Å²) in [5, 5.41) is 10.1. The lowest BCUT2D eigenvalue weighted by Crippen LogP contribution is -2.40. The number of benzene rings is 2. The molecule has 0 spiro atoms. The average molecular weight is 435 g/mol. The molecule has 7 heteroatoms. The molecule has 0 radical (unpaired) electrons. The second kappa shape index (κ2) is 8.35. The summed E-state index contributed by atoms with van der Waals surface area (Å²) in [6, 6.07) is 15.6. The SMILES string of the molecule is CC1=C(C(=O)OC(C)C)C(c2ccccc2)n2c(sc(=Cc3ccccc3O)c2=O)=N1. The number of carbonyl (C=O) groups is 1. The molecule has 1 aliphatic rings. The summed E-state index contributed by atoms with van der Waals surface area (Å²) in [5.41, 5.74) is 1.93. The zero-order valence-corrected chi connectivity index (χ0v) is 18.2. The molecule has 1 unspecified atom stereocenters. The Kier molecular flexibility index (Phi) is 5.61. The van der Waals surface area contributed by atoms with Crippen LogP contribution < -0.4 is 14.9 Å². The molecule has 1 aliphatic heterocycles. The van der Waals surface area contributed by atoms with E-state index >= 15 is 0 Å². The van der Waals surface area contributed by atoms with E-state index in [4.69, 9.17) is 4.74 Å². The predicted octanol–water partition coefficient (Wildman–Crippen LogP) is 2.89. The van der Waals surface area contributed by atoms with Gasteiger partial charge in [0.15, 0.2) is 4.80 Å². The number of nitrogens with zero attached hydrogens (tertiary/aromatic N) is 2. The van der Waals surface area contributed by atoms with E-state index in [1.54, 1.807) is 51.1 Å². The highest BCUT2D eigenvalue weighted by atomic mass is 32.1. The maximum atomic E-state index is 13.4. The van der Waals surface area contributed by atoms with Gasteiger partial charge < -0.3 is 9.84 Å². The maximum absolute atomic E-state index is 13.4. The number of allylic oxidation sites excluding steroid dienone is 1. The first-order chi connectivity index (χ1) is 14.9. The van der Waals surface area contributed by atoms with Gasteiger partial charge in [-0.2, -0.15) is 0 Å². The first-order valence-corrected chi connectivity index (χ1v) is 10.7. The molecule has 6 nitrogen and oxygen atoms in total. The molecule has 0 saturated heterocycles. The first-order valence-electron chi connectivity index (χ1n) is 9.93. The maximum Gasteiger partial charge on any atom is 0.338 e. The van der Waals surface area contributed by atoms with Crippen molar-refractivity contribution in [3.8, 4) is 5.75 Å². The molecule has 2 aromatic carbocycles. The Morgan fingerprint density at radius 3 is 2.52 bits per heavy atom. The van der Waals surface area contributed by atoms with Crippen molar-refractivity contribution in [3.05, 3.63) is 96.7 Å². The molecule has 1 aromatic heterocycles. The van der Waals surface area contributed by atoms with Gasteiger partial charge in [0.2, 0.25) is 0 Å². The molecule has 0 saturated carbocycles. The van der Waals surface area contributed by atoms with Crippen molar-refractivity contribution in [2.45, 2.75) is 32.9 Å². The van der Waals surface area contributed by atoms with Crippen molar-refractivity contribution in [2.75, 3.05) is 0 Å². The lowest BCUT2D eigenvalue weighted by molar-refractivity contribution is -0.143. The summed E-state index contributed by atoms with van der Waals surface area (Å²) in [5.74, 6) is -0.398. The van der Waals surface area contributed by atoms with Crippen LogP contribution in [-0.2, 0) is 9.53 Å². The Hall–Kier alpha value is -3.45. The third-order valence-corrected chi connectivity index (χ3v) is 5.91. The molecule has 3 aromatic rings. The summed E-state index contributed by atoms with van der Waals surface area (Å²) in [7, 11) is 0. The fourth-order valence-corrected chi connectivity index (χ4v) is 4.60. The van der Waals surface area contributed by atoms with Crippen LogP contribution in [0.15, 0.2) is 75.7 Å². The number of phenols is 1. The summed E-state index contributed by atoms with van der Waals surface area (Å²) >= 11 is 1.23. The minimum atomic E-state index is -0.643. The molecule has 0 bridgehead atoms. The predicted molar refractivity (Wildman–Crippen MR) is 120 cm³/mol. The number of carbonyl (C=O) groups excluding carboxylic acids is 1. The number of esters is 1. The Bertz CT molecular complexity index is 1350. The van der Waals surface area contributed by atoms with E-state index in [2.05, 4.69) is 4.99 Å².